The van der Waals surface area contributed by atoms with Crippen LogP contribution < -0.4 is 0 Å². The lowest BCUT2D eigenvalue weighted by molar-refractivity contribution is -0.146. The molecule has 1 amide bonds. The van der Waals surface area contributed by atoms with E-state index in [1.165, 1.54) is 16.2 Å². The van der Waals surface area contributed by atoms with Crippen molar-refractivity contribution in [1.29, 1.82) is 0 Å². The predicted molar refractivity (Wildman–Crippen MR) is 53.1 cm³/mol. The highest BCUT2D eigenvalue weighted by molar-refractivity contribution is 7.08. The van der Waals surface area contributed by atoms with Crippen LogP contribution in [0.2, 0.25) is 0 Å². The van der Waals surface area contributed by atoms with Crippen LogP contribution in [0, 0.1) is 0 Å². The van der Waals surface area contributed by atoms with Gasteiger partial charge in [0.15, 0.2) is 6.04 Å². The quantitative estimate of drug-likeness (QED) is 0.751. The van der Waals surface area contributed by atoms with Gasteiger partial charge in [0.1, 0.15) is 0 Å². The summed E-state index contributed by atoms with van der Waals surface area (Å²) in [7, 11) is 0. The third kappa shape index (κ3) is 2.11. The Hall–Kier alpha value is -1.36. The molecule has 1 unspecified atom stereocenters. The van der Waals surface area contributed by atoms with Crippen molar-refractivity contribution in [3.8, 4) is 0 Å². The second-order valence-corrected chi connectivity index (χ2v) is 3.51. The first-order valence-corrected chi connectivity index (χ1v) is 5.11. The Morgan fingerprint density at radius 1 is 1.79 bits per heavy atom. The Morgan fingerprint density at radius 2 is 2.50 bits per heavy atom. The van der Waals surface area contributed by atoms with Gasteiger partial charge in [-0.25, -0.2) is 4.79 Å². The van der Waals surface area contributed by atoms with Crippen LogP contribution >= 0.6 is 11.3 Å². The van der Waals surface area contributed by atoms with Gasteiger partial charge < -0.3 is 10.0 Å². The van der Waals surface area contributed by atoms with Gasteiger partial charge in [-0.3, -0.25) is 4.79 Å². The minimum Gasteiger partial charge on any atom is -0.479 e. The van der Waals surface area contributed by atoms with E-state index in [0.29, 0.717) is 18.5 Å². The second-order valence-electron chi connectivity index (χ2n) is 2.73. The summed E-state index contributed by atoms with van der Waals surface area (Å²) in [6.07, 6.45) is 0.566. The number of carbonyl (C=O) groups excluding carboxylic acids is 1. The normalized spacial score (nSPS) is 12.1. The fraction of sp³-hybridized carbons (Fsp3) is 0.333. The number of carboxylic acids is 1. The molecule has 0 fully saturated rings. The van der Waals surface area contributed by atoms with E-state index >= 15 is 0 Å². The average Bonchev–Trinajstić information content (AvgIpc) is 2.65. The molecular weight excluding hydrogens is 202 g/mol. The molecule has 1 aromatic heterocycles. The zero-order valence-corrected chi connectivity index (χ0v) is 8.53. The molecule has 1 aromatic rings. The number of hydrogen-bond acceptors (Lipinski definition) is 3. The van der Waals surface area contributed by atoms with Crippen LogP contribution in [0.15, 0.2) is 16.8 Å². The summed E-state index contributed by atoms with van der Waals surface area (Å²) in [5.74, 6) is -1.00. The fourth-order valence-electron chi connectivity index (χ4n) is 1.22. The molecule has 0 aliphatic rings. The molecule has 76 valence electrons. The van der Waals surface area contributed by atoms with Crippen molar-refractivity contribution in [2.24, 2.45) is 0 Å². The monoisotopic (exact) mass is 213 g/mol. The van der Waals surface area contributed by atoms with Crippen LogP contribution in [0.25, 0.3) is 0 Å². The van der Waals surface area contributed by atoms with E-state index in [-0.39, 0.29) is 0 Å². The summed E-state index contributed by atoms with van der Waals surface area (Å²) in [6, 6.07) is 0.860. The smallest absolute Gasteiger partial charge is 0.331 e. The van der Waals surface area contributed by atoms with Crippen molar-refractivity contribution < 1.29 is 14.7 Å². The first-order chi connectivity index (χ1) is 6.70. The van der Waals surface area contributed by atoms with Gasteiger partial charge in [-0.2, -0.15) is 11.3 Å². The van der Waals surface area contributed by atoms with Crippen LogP contribution in [0.1, 0.15) is 18.5 Å². The van der Waals surface area contributed by atoms with Crippen molar-refractivity contribution in [2.75, 3.05) is 6.54 Å². The van der Waals surface area contributed by atoms with E-state index in [0.717, 1.165) is 0 Å². The van der Waals surface area contributed by atoms with Crippen LogP contribution in [0.5, 0.6) is 0 Å². The van der Waals surface area contributed by atoms with Gasteiger partial charge in [0.2, 0.25) is 6.41 Å². The van der Waals surface area contributed by atoms with Gasteiger partial charge in [-0.1, -0.05) is 0 Å². The molecule has 1 N–H and O–H groups in total. The SMILES string of the molecule is CCN(C=O)C(C(=O)O)c1ccsc1. The predicted octanol–water partition coefficient (Wildman–Crippen LogP) is 1.35. The van der Waals surface area contributed by atoms with E-state index in [2.05, 4.69) is 0 Å². The summed E-state index contributed by atoms with van der Waals surface area (Å²) in [5, 5.41) is 12.5. The summed E-state index contributed by atoms with van der Waals surface area (Å²) >= 11 is 1.42. The van der Waals surface area contributed by atoms with E-state index in [1.54, 1.807) is 23.8 Å². The third-order valence-electron chi connectivity index (χ3n) is 1.93. The lowest BCUT2D eigenvalue weighted by atomic mass is 10.1. The molecule has 5 heteroatoms. The molecule has 1 rings (SSSR count). The van der Waals surface area contributed by atoms with E-state index in [1.807, 2.05) is 0 Å². The topological polar surface area (TPSA) is 57.6 Å². The van der Waals surface area contributed by atoms with Gasteiger partial charge in [-0.15, -0.1) is 0 Å². The number of carboxylic acid groups (broad SMARTS) is 1. The molecule has 0 spiro atoms. The molecule has 1 atom stereocenters. The maximum Gasteiger partial charge on any atom is 0.331 e. The first-order valence-electron chi connectivity index (χ1n) is 4.16. The highest BCUT2D eigenvalue weighted by Crippen LogP contribution is 2.21. The summed E-state index contributed by atoms with van der Waals surface area (Å²) < 4.78 is 0. The fourth-order valence-corrected chi connectivity index (χ4v) is 1.90. The van der Waals surface area contributed by atoms with Crippen LogP contribution in [-0.4, -0.2) is 28.9 Å². The van der Waals surface area contributed by atoms with Crippen molar-refractivity contribution in [2.45, 2.75) is 13.0 Å². The molecular formula is C9H11NO3S. The zero-order chi connectivity index (χ0) is 10.6. The van der Waals surface area contributed by atoms with Crippen molar-refractivity contribution >= 4 is 23.7 Å². The Bertz CT molecular complexity index is 310. The average molecular weight is 213 g/mol. The molecule has 14 heavy (non-hydrogen) atoms. The molecule has 0 aliphatic carbocycles. The molecule has 0 bridgehead atoms. The van der Waals surface area contributed by atoms with Gasteiger partial charge in [-0.05, 0) is 29.3 Å². The largest absolute Gasteiger partial charge is 0.479 e. The molecule has 4 nitrogen and oxygen atoms in total. The number of hydrogen-bond donors (Lipinski definition) is 1. The number of likely N-dealkylation sites (N-methyl/N-ethyl adjacent to an activating group) is 1. The number of nitrogens with zero attached hydrogens (tertiary/aromatic N) is 1. The van der Waals surface area contributed by atoms with Crippen molar-refractivity contribution in [1.82, 2.24) is 4.90 Å². The lowest BCUT2D eigenvalue weighted by Crippen LogP contribution is -2.32. The third-order valence-corrected chi connectivity index (χ3v) is 2.63. The van der Waals surface area contributed by atoms with Gasteiger partial charge in [0, 0.05) is 6.54 Å². The molecule has 1 heterocycles. The minimum atomic E-state index is -1.00. The Kier molecular flexibility index (Phi) is 3.64. The zero-order valence-electron chi connectivity index (χ0n) is 7.71. The second kappa shape index (κ2) is 4.76. The van der Waals surface area contributed by atoms with Gasteiger partial charge in [0.05, 0.1) is 0 Å². The first kappa shape index (κ1) is 10.7. The number of aliphatic carboxylic acids is 1. The van der Waals surface area contributed by atoms with Gasteiger partial charge in [0.25, 0.3) is 0 Å². The molecule has 0 saturated heterocycles. The van der Waals surface area contributed by atoms with Crippen molar-refractivity contribution in [3.05, 3.63) is 22.4 Å². The van der Waals surface area contributed by atoms with Crippen LogP contribution in [0.3, 0.4) is 0 Å². The highest BCUT2D eigenvalue weighted by atomic mass is 32.1. The Balaban J connectivity index is 2.95. The Labute approximate surface area is 85.8 Å². The summed E-state index contributed by atoms with van der Waals surface area (Å²) in [6.45, 7) is 2.13. The van der Waals surface area contributed by atoms with Crippen molar-refractivity contribution in [3.63, 3.8) is 0 Å². The molecule has 0 aliphatic heterocycles. The maximum absolute atomic E-state index is 11.0. The molecule has 0 saturated carbocycles. The lowest BCUT2D eigenvalue weighted by Gasteiger charge is -2.22. The van der Waals surface area contributed by atoms with Gasteiger partial charge >= 0.3 is 5.97 Å². The number of thiophene rings is 1. The summed E-state index contributed by atoms with van der Waals surface area (Å²) in [4.78, 5) is 22.9. The molecule has 0 radical (unpaired) electrons. The standard InChI is InChI=1S/C9H11NO3S/c1-2-10(6-11)8(9(12)13)7-3-4-14-5-7/h3-6,8H,2H2,1H3,(H,12,13). The summed E-state index contributed by atoms with van der Waals surface area (Å²) in [5.41, 5.74) is 0.649. The number of amides is 1. The number of carbonyl (C=O) groups is 2. The number of rotatable bonds is 5. The van der Waals surface area contributed by atoms with E-state index in [9.17, 15) is 9.59 Å². The highest BCUT2D eigenvalue weighted by Gasteiger charge is 2.25. The minimum absolute atomic E-state index is 0.385. The van der Waals surface area contributed by atoms with Crippen LogP contribution in [-0.2, 0) is 9.59 Å². The molecule has 0 aromatic carbocycles. The van der Waals surface area contributed by atoms with E-state index in [4.69, 9.17) is 5.11 Å². The van der Waals surface area contributed by atoms with E-state index < -0.39 is 12.0 Å². The maximum atomic E-state index is 11.0. The Morgan fingerprint density at radius 3 is 2.86 bits per heavy atom. The van der Waals surface area contributed by atoms with Crippen LogP contribution in [0.4, 0.5) is 0 Å².